The molecule has 2 aromatic rings. The Morgan fingerprint density at radius 2 is 2.19 bits per heavy atom. The molecule has 0 aliphatic rings. The Bertz CT molecular complexity index is 560. The van der Waals surface area contributed by atoms with Crippen LogP contribution in [0.1, 0.15) is 30.2 Å². The Balaban J connectivity index is 2.81. The predicted molar refractivity (Wildman–Crippen MR) is 62.1 cm³/mol. The predicted octanol–water partition coefficient (Wildman–Crippen LogP) is 1.74. The quantitative estimate of drug-likeness (QED) is 0.843. The normalized spacial score (nSPS) is 11.2. The van der Waals surface area contributed by atoms with Crippen molar-refractivity contribution in [3.63, 3.8) is 0 Å². The molecule has 0 amide bonds. The maximum absolute atomic E-state index is 11.0. The molecule has 0 atom stereocenters. The van der Waals surface area contributed by atoms with Crippen molar-refractivity contribution in [1.82, 2.24) is 9.78 Å². The van der Waals surface area contributed by atoms with Gasteiger partial charge in [0, 0.05) is 21.5 Å². The number of halogens is 1. The second-order valence-electron chi connectivity index (χ2n) is 3.86. The highest BCUT2D eigenvalue weighted by Crippen LogP contribution is 2.25. The van der Waals surface area contributed by atoms with Crippen LogP contribution in [0.5, 0.6) is 0 Å². The lowest BCUT2D eigenvalue weighted by atomic mass is 10.1. The van der Waals surface area contributed by atoms with Crippen molar-refractivity contribution in [2.24, 2.45) is 0 Å². The molecule has 84 valence electrons. The van der Waals surface area contributed by atoms with Crippen LogP contribution in [0.3, 0.4) is 0 Å². The number of carboxylic acids is 1. The first-order chi connectivity index (χ1) is 7.50. The van der Waals surface area contributed by atoms with E-state index in [2.05, 4.69) is 21.0 Å². The first-order valence-electron chi connectivity index (χ1n) is 4.89. The number of aromatic carboxylic acids is 1. The fourth-order valence-corrected chi connectivity index (χ4v) is 2.14. The fourth-order valence-electron chi connectivity index (χ4n) is 1.69. The highest BCUT2D eigenvalue weighted by molar-refractivity contribution is 9.10. The molecule has 0 spiro atoms. The number of hydrogen-bond acceptors (Lipinski definition) is 3. The SMILES string of the molecule is CC(C)n1ncc2c(C(=O)[O-])cc(Br)cc21. The molecule has 0 fully saturated rings. The van der Waals surface area contributed by atoms with Gasteiger partial charge >= 0.3 is 0 Å². The first-order valence-corrected chi connectivity index (χ1v) is 5.68. The number of carbonyl (C=O) groups is 1. The van der Waals surface area contributed by atoms with Crippen LogP contribution < -0.4 is 5.11 Å². The van der Waals surface area contributed by atoms with Crippen molar-refractivity contribution in [2.75, 3.05) is 0 Å². The van der Waals surface area contributed by atoms with Gasteiger partial charge in [0.25, 0.3) is 0 Å². The summed E-state index contributed by atoms with van der Waals surface area (Å²) >= 11 is 3.29. The van der Waals surface area contributed by atoms with Crippen molar-refractivity contribution in [1.29, 1.82) is 0 Å². The number of carbonyl (C=O) groups excluding carboxylic acids is 1. The second kappa shape index (κ2) is 3.90. The average Bonchev–Trinajstić information content (AvgIpc) is 2.59. The van der Waals surface area contributed by atoms with E-state index < -0.39 is 5.97 Å². The third kappa shape index (κ3) is 1.71. The lowest BCUT2D eigenvalue weighted by Crippen LogP contribution is -2.22. The van der Waals surface area contributed by atoms with Crippen molar-refractivity contribution in [2.45, 2.75) is 19.9 Å². The standard InChI is InChI=1S/C11H11BrN2O2/c1-6(2)14-10-4-7(12)3-8(11(15)16)9(10)5-13-14/h3-6H,1-2H3,(H,15,16)/p-1. The van der Waals surface area contributed by atoms with Gasteiger partial charge in [0.05, 0.1) is 17.7 Å². The average molecular weight is 282 g/mol. The summed E-state index contributed by atoms with van der Waals surface area (Å²) in [4.78, 5) is 11.0. The van der Waals surface area contributed by atoms with E-state index in [-0.39, 0.29) is 11.6 Å². The Hall–Kier alpha value is -1.36. The van der Waals surface area contributed by atoms with Crippen molar-refractivity contribution >= 4 is 32.8 Å². The van der Waals surface area contributed by atoms with E-state index in [1.54, 1.807) is 10.9 Å². The van der Waals surface area contributed by atoms with Gasteiger partial charge in [-0.3, -0.25) is 4.68 Å². The molecular formula is C11H10BrN2O2-. The van der Waals surface area contributed by atoms with Gasteiger partial charge in [0.2, 0.25) is 0 Å². The van der Waals surface area contributed by atoms with E-state index in [0.29, 0.717) is 9.86 Å². The van der Waals surface area contributed by atoms with E-state index in [1.165, 1.54) is 6.07 Å². The zero-order valence-electron chi connectivity index (χ0n) is 8.90. The molecule has 0 unspecified atom stereocenters. The summed E-state index contributed by atoms with van der Waals surface area (Å²) in [5.41, 5.74) is 0.958. The Morgan fingerprint density at radius 1 is 1.50 bits per heavy atom. The maximum Gasteiger partial charge on any atom is 0.0723 e. The molecule has 5 heteroatoms. The Labute approximate surface area is 101 Å². The first kappa shape index (κ1) is 11.1. The van der Waals surface area contributed by atoms with Gasteiger partial charge < -0.3 is 9.90 Å². The van der Waals surface area contributed by atoms with Crippen molar-refractivity contribution in [3.05, 3.63) is 28.4 Å². The minimum atomic E-state index is -1.19. The van der Waals surface area contributed by atoms with E-state index in [4.69, 9.17) is 0 Å². The molecule has 0 N–H and O–H groups in total. The smallest absolute Gasteiger partial charge is 0.0723 e. The molecule has 0 aliphatic carbocycles. The summed E-state index contributed by atoms with van der Waals surface area (Å²) in [7, 11) is 0. The van der Waals surface area contributed by atoms with Crippen LogP contribution in [0.2, 0.25) is 0 Å². The maximum atomic E-state index is 11.0. The van der Waals surface area contributed by atoms with Crippen molar-refractivity contribution in [3.8, 4) is 0 Å². The molecule has 0 radical (unpaired) electrons. The summed E-state index contributed by atoms with van der Waals surface area (Å²) < 4.78 is 2.49. The van der Waals surface area contributed by atoms with Crippen LogP contribution in [0.4, 0.5) is 0 Å². The molecule has 0 aliphatic heterocycles. The van der Waals surface area contributed by atoms with E-state index in [0.717, 1.165) is 5.52 Å². The molecule has 0 bridgehead atoms. The molecule has 16 heavy (non-hydrogen) atoms. The zero-order valence-corrected chi connectivity index (χ0v) is 10.5. The van der Waals surface area contributed by atoms with E-state index in [9.17, 15) is 9.90 Å². The minimum absolute atomic E-state index is 0.163. The third-order valence-corrected chi connectivity index (χ3v) is 2.85. The van der Waals surface area contributed by atoms with Gasteiger partial charge in [-0.1, -0.05) is 15.9 Å². The lowest BCUT2D eigenvalue weighted by Gasteiger charge is -2.09. The van der Waals surface area contributed by atoms with Crippen LogP contribution in [0.15, 0.2) is 22.8 Å². The summed E-state index contributed by atoms with van der Waals surface area (Å²) in [6, 6.07) is 3.57. The summed E-state index contributed by atoms with van der Waals surface area (Å²) in [5, 5.41) is 15.8. The van der Waals surface area contributed by atoms with E-state index >= 15 is 0 Å². The number of nitrogens with zero attached hydrogens (tertiary/aromatic N) is 2. The summed E-state index contributed by atoms with van der Waals surface area (Å²) in [6.45, 7) is 3.98. The number of hydrogen-bond donors (Lipinski definition) is 0. The van der Waals surface area contributed by atoms with Crippen LogP contribution in [-0.4, -0.2) is 15.7 Å². The van der Waals surface area contributed by atoms with Gasteiger partial charge in [-0.15, -0.1) is 0 Å². The molecule has 1 aromatic heterocycles. The van der Waals surface area contributed by atoms with Crippen LogP contribution in [0, 0.1) is 0 Å². The largest absolute Gasteiger partial charge is 0.545 e. The third-order valence-electron chi connectivity index (χ3n) is 2.39. The number of aromatic nitrogens is 2. The second-order valence-corrected chi connectivity index (χ2v) is 4.77. The molecule has 1 heterocycles. The minimum Gasteiger partial charge on any atom is -0.545 e. The van der Waals surface area contributed by atoms with Gasteiger partial charge in [-0.2, -0.15) is 5.10 Å². The number of rotatable bonds is 2. The van der Waals surface area contributed by atoms with Gasteiger partial charge in [0.15, 0.2) is 0 Å². The molecule has 0 saturated heterocycles. The highest BCUT2D eigenvalue weighted by atomic mass is 79.9. The van der Waals surface area contributed by atoms with Crippen LogP contribution >= 0.6 is 15.9 Å². The number of fused-ring (bicyclic) bond motifs is 1. The summed E-state index contributed by atoms with van der Waals surface area (Å²) in [6.07, 6.45) is 1.56. The lowest BCUT2D eigenvalue weighted by molar-refractivity contribution is -0.254. The van der Waals surface area contributed by atoms with Gasteiger partial charge in [0.1, 0.15) is 0 Å². The number of carboxylic acid groups (broad SMARTS) is 1. The van der Waals surface area contributed by atoms with E-state index in [1.807, 2.05) is 19.9 Å². The van der Waals surface area contributed by atoms with Gasteiger partial charge in [-0.25, -0.2) is 0 Å². The fraction of sp³-hybridized carbons (Fsp3) is 0.273. The molecule has 1 aromatic carbocycles. The monoisotopic (exact) mass is 281 g/mol. The molecule has 4 nitrogen and oxygen atoms in total. The van der Waals surface area contributed by atoms with Crippen molar-refractivity contribution < 1.29 is 9.90 Å². The molecule has 2 rings (SSSR count). The summed E-state index contributed by atoms with van der Waals surface area (Å²) in [5.74, 6) is -1.19. The number of benzene rings is 1. The van der Waals surface area contributed by atoms with Crippen LogP contribution in [-0.2, 0) is 0 Å². The molecular weight excluding hydrogens is 272 g/mol. The molecule has 0 saturated carbocycles. The Morgan fingerprint density at radius 3 is 2.75 bits per heavy atom. The Kier molecular flexibility index (Phi) is 2.71. The van der Waals surface area contributed by atoms with Gasteiger partial charge in [-0.05, 0) is 26.0 Å². The zero-order chi connectivity index (χ0) is 11.9. The highest BCUT2D eigenvalue weighted by Gasteiger charge is 2.11. The topological polar surface area (TPSA) is 58.0 Å². The van der Waals surface area contributed by atoms with Crippen LogP contribution in [0.25, 0.3) is 10.9 Å².